The second-order valence-corrected chi connectivity index (χ2v) is 7.86. The van der Waals surface area contributed by atoms with E-state index in [1.807, 2.05) is 50.2 Å². The van der Waals surface area contributed by atoms with Crippen molar-refractivity contribution in [2.24, 2.45) is 0 Å². The number of ketones is 1. The summed E-state index contributed by atoms with van der Waals surface area (Å²) >= 11 is 5.99. The molecule has 2 atom stereocenters. The second-order valence-electron chi connectivity index (χ2n) is 7.42. The van der Waals surface area contributed by atoms with Gasteiger partial charge < -0.3 is 10.4 Å². The average molecular weight is 386 g/mol. The summed E-state index contributed by atoms with van der Waals surface area (Å²) in [4.78, 5) is 25.9. The molecular formula is C22H24ClNO3. The molecule has 1 saturated heterocycles. The molecule has 5 heteroatoms. The van der Waals surface area contributed by atoms with Gasteiger partial charge in [0.25, 0.3) is 0 Å². The fraction of sp³-hybridized carbons (Fsp3) is 0.364. The zero-order valence-corrected chi connectivity index (χ0v) is 16.6. The lowest BCUT2D eigenvalue weighted by Crippen LogP contribution is -2.43. The number of Topliss-reactive ketones (excluding diaryl/α,β-unsaturated/α-hetero) is 1. The van der Waals surface area contributed by atoms with E-state index in [1.54, 1.807) is 6.92 Å². The Labute approximate surface area is 164 Å². The van der Waals surface area contributed by atoms with Crippen molar-refractivity contribution in [1.29, 1.82) is 0 Å². The van der Waals surface area contributed by atoms with Crippen LogP contribution in [0.15, 0.2) is 36.4 Å². The smallest absolute Gasteiger partial charge is 0.235 e. The summed E-state index contributed by atoms with van der Waals surface area (Å²) in [6.07, 6.45) is 0.900. The molecule has 0 spiro atoms. The van der Waals surface area contributed by atoms with Crippen molar-refractivity contribution in [2.45, 2.75) is 45.1 Å². The van der Waals surface area contributed by atoms with E-state index in [0.29, 0.717) is 17.9 Å². The normalized spacial score (nSPS) is 22.2. The maximum absolute atomic E-state index is 13.2. The summed E-state index contributed by atoms with van der Waals surface area (Å²) in [7, 11) is 0. The number of carbonyl (C=O) groups excluding carboxylic acids is 2. The van der Waals surface area contributed by atoms with Gasteiger partial charge in [0, 0.05) is 11.6 Å². The molecule has 0 radical (unpaired) electrons. The summed E-state index contributed by atoms with van der Waals surface area (Å²) in [6, 6.07) is 11.5. The van der Waals surface area contributed by atoms with Crippen LogP contribution in [-0.2, 0) is 9.59 Å². The first-order chi connectivity index (χ1) is 12.8. The largest absolute Gasteiger partial charge is 0.396 e. The minimum absolute atomic E-state index is 0.00643. The number of aliphatic hydroxyl groups excluding tert-OH is 1. The van der Waals surface area contributed by atoms with Gasteiger partial charge in [0.05, 0.1) is 5.54 Å². The molecule has 0 aromatic heterocycles. The summed E-state index contributed by atoms with van der Waals surface area (Å²) < 4.78 is 0. The molecule has 0 bridgehead atoms. The first kappa shape index (κ1) is 19.6. The average Bonchev–Trinajstić information content (AvgIpc) is 2.85. The molecule has 2 N–H and O–H groups in total. The number of hydrogen-bond acceptors (Lipinski definition) is 3. The van der Waals surface area contributed by atoms with E-state index in [2.05, 4.69) is 5.32 Å². The molecule has 1 aliphatic heterocycles. The highest BCUT2D eigenvalue weighted by Crippen LogP contribution is 2.38. The number of hydrogen-bond donors (Lipinski definition) is 2. The van der Waals surface area contributed by atoms with Crippen molar-refractivity contribution in [3.8, 4) is 11.1 Å². The van der Waals surface area contributed by atoms with Gasteiger partial charge in [-0.3, -0.25) is 9.59 Å². The van der Waals surface area contributed by atoms with Gasteiger partial charge in [0.15, 0.2) is 5.78 Å². The molecule has 142 valence electrons. The topological polar surface area (TPSA) is 66.4 Å². The Balaban J connectivity index is 2.06. The highest BCUT2D eigenvalue weighted by atomic mass is 35.5. The molecule has 3 rings (SSSR count). The minimum Gasteiger partial charge on any atom is -0.396 e. The third-order valence-electron chi connectivity index (χ3n) is 5.48. The number of amides is 1. The zero-order chi connectivity index (χ0) is 19.8. The van der Waals surface area contributed by atoms with Crippen molar-refractivity contribution >= 4 is 23.3 Å². The predicted molar refractivity (Wildman–Crippen MR) is 107 cm³/mol. The standard InChI is InChI=1S/C22H24ClNO3/c1-13-5-10-17(15-6-8-16(23)9-7-15)14(2)18(13)19-20(26)22(3,11-4-12-25)24-21(19)27/h5-10,19,25H,4,11-12H2,1-3H3,(H,24,27). The van der Waals surface area contributed by atoms with Crippen LogP contribution in [0.5, 0.6) is 0 Å². The van der Waals surface area contributed by atoms with E-state index in [-0.39, 0.29) is 18.3 Å². The molecule has 0 aliphatic carbocycles. The lowest BCUT2D eigenvalue weighted by molar-refractivity contribution is -0.125. The molecule has 1 aliphatic rings. The molecule has 1 amide bonds. The Morgan fingerprint density at radius 3 is 2.41 bits per heavy atom. The molecule has 2 aromatic rings. The van der Waals surface area contributed by atoms with Crippen molar-refractivity contribution in [3.05, 3.63) is 58.1 Å². The summed E-state index contributed by atoms with van der Waals surface area (Å²) in [5.41, 5.74) is 3.67. The van der Waals surface area contributed by atoms with Crippen molar-refractivity contribution in [2.75, 3.05) is 6.61 Å². The molecule has 2 unspecified atom stereocenters. The Kier molecular flexibility index (Phi) is 5.41. The van der Waals surface area contributed by atoms with E-state index < -0.39 is 11.5 Å². The van der Waals surface area contributed by atoms with E-state index in [1.165, 1.54) is 0 Å². The first-order valence-corrected chi connectivity index (χ1v) is 9.49. The van der Waals surface area contributed by atoms with Gasteiger partial charge in [-0.15, -0.1) is 0 Å². The van der Waals surface area contributed by atoms with E-state index in [9.17, 15) is 9.59 Å². The van der Waals surface area contributed by atoms with Crippen LogP contribution in [0.4, 0.5) is 0 Å². The first-order valence-electron chi connectivity index (χ1n) is 9.12. The molecule has 2 aromatic carbocycles. The van der Waals surface area contributed by atoms with Crippen molar-refractivity contribution in [3.63, 3.8) is 0 Å². The van der Waals surface area contributed by atoms with Gasteiger partial charge in [0.2, 0.25) is 5.91 Å². The quantitative estimate of drug-likeness (QED) is 0.766. The van der Waals surface area contributed by atoms with Gasteiger partial charge >= 0.3 is 0 Å². The third kappa shape index (κ3) is 3.52. The molecule has 0 saturated carbocycles. The number of rotatable bonds is 5. The van der Waals surface area contributed by atoms with Crippen LogP contribution < -0.4 is 5.32 Å². The number of benzene rings is 2. The lowest BCUT2D eigenvalue weighted by Gasteiger charge is -2.22. The van der Waals surface area contributed by atoms with Crippen LogP contribution in [-0.4, -0.2) is 28.9 Å². The lowest BCUT2D eigenvalue weighted by atomic mass is 9.80. The molecule has 4 nitrogen and oxygen atoms in total. The van der Waals surface area contributed by atoms with Crippen LogP contribution in [0.25, 0.3) is 11.1 Å². The van der Waals surface area contributed by atoms with Gasteiger partial charge in [-0.2, -0.15) is 0 Å². The molecule has 1 heterocycles. The van der Waals surface area contributed by atoms with Crippen LogP contribution in [0, 0.1) is 13.8 Å². The third-order valence-corrected chi connectivity index (χ3v) is 5.73. The van der Waals surface area contributed by atoms with E-state index >= 15 is 0 Å². The summed E-state index contributed by atoms with van der Waals surface area (Å²) in [5.74, 6) is -1.21. The van der Waals surface area contributed by atoms with Crippen molar-refractivity contribution in [1.82, 2.24) is 5.32 Å². The fourth-order valence-electron chi connectivity index (χ4n) is 3.97. The number of nitrogens with one attached hydrogen (secondary N) is 1. The molecule has 1 fully saturated rings. The van der Waals surface area contributed by atoms with Gasteiger partial charge in [-0.1, -0.05) is 35.9 Å². The van der Waals surface area contributed by atoms with Crippen LogP contribution >= 0.6 is 11.6 Å². The Morgan fingerprint density at radius 1 is 1.11 bits per heavy atom. The van der Waals surface area contributed by atoms with Crippen molar-refractivity contribution < 1.29 is 14.7 Å². The number of aryl methyl sites for hydroxylation is 1. The highest BCUT2D eigenvalue weighted by Gasteiger charge is 2.50. The zero-order valence-electron chi connectivity index (χ0n) is 15.8. The highest BCUT2D eigenvalue weighted by molar-refractivity contribution is 6.30. The Hall–Kier alpha value is -2.17. The minimum atomic E-state index is -0.931. The van der Waals surface area contributed by atoms with Gasteiger partial charge in [-0.05, 0) is 73.6 Å². The SMILES string of the molecule is Cc1ccc(-c2ccc(Cl)cc2)c(C)c1C1C(=O)NC(C)(CCCO)C1=O. The maximum Gasteiger partial charge on any atom is 0.235 e. The van der Waals surface area contributed by atoms with Gasteiger partial charge in [0.1, 0.15) is 5.92 Å². The van der Waals surface area contributed by atoms with E-state index in [4.69, 9.17) is 16.7 Å². The fourth-order valence-corrected chi connectivity index (χ4v) is 4.10. The second kappa shape index (κ2) is 7.45. The van der Waals surface area contributed by atoms with Crippen LogP contribution in [0.2, 0.25) is 5.02 Å². The van der Waals surface area contributed by atoms with Gasteiger partial charge in [-0.25, -0.2) is 0 Å². The number of aliphatic hydroxyl groups is 1. The predicted octanol–water partition coefficient (Wildman–Crippen LogP) is 3.94. The van der Waals surface area contributed by atoms with E-state index in [0.717, 1.165) is 27.8 Å². The molecular weight excluding hydrogens is 362 g/mol. The monoisotopic (exact) mass is 385 g/mol. The summed E-state index contributed by atoms with van der Waals surface area (Å²) in [5, 5.41) is 12.6. The van der Waals surface area contributed by atoms with Crippen LogP contribution in [0.3, 0.4) is 0 Å². The number of carbonyl (C=O) groups is 2. The molecule has 27 heavy (non-hydrogen) atoms. The Morgan fingerprint density at radius 2 is 1.78 bits per heavy atom. The number of halogens is 1. The van der Waals surface area contributed by atoms with Crippen LogP contribution in [0.1, 0.15) is 42.4 Å². The Bertz CT molecular complexity index is 891. The summed E-state index contributed by atoms with van der Waals surface area (Å²) in [6.45, 7) is 5.62. The maximum atomic E-state index is 13.2.